The maximum Gasteiger partial charge on any atom is 0.337 e. The topological polar surface area (TPSA) is 79.5 Å². The molecule has 98 valence electrons. The molecule has 3 N–H and O–H groups in total. The Kier molecular flexibility index (Phi) is 3.41. The van der Waals surface area contributed by atoms with Gasteiger partial charge >= 0.3 is 5.97 Å². The molecule has 1 aliphatic rings. The molecule has 18 heavy (non-hydrogen) atoms. The molecule has 0 saturated carbocycles. The van der Waals surface area contributed by atoms with Crippen molar-refractivity contribution in [3.05, 3.63) is 17.8 Å². The summed E-state index contributed by atoms with van der Waals surface area (Å²) in [7, 11) is 0. The van der Waals surface area contributed by atoms with Crippen LogP contribution < -0.4 is 10.6 Å². The van der Waals surface area contributed by atoms with Gasteiger partial charge in [-0.25, -0.2) is 9.78 Å². The van der Waals surface area contributed by atoms with Crippen molar-refractivity contribution in [2.45, 2.75) is 20.3 Å². The van der Waals surface area contributed by atoms with E-state index >= 15 is 0 Å². The normalized spacial score (nSPS) is 24.0. The van der Waals surface area contributed by atoms with Gasteiger partial charge in [0.05, 0.1) is 11.3 Å². The van der Waals surface area contributed by atoms with Crippen molar-refractivity contribution in [3.8, 4) is 0 Å². The molecule has 2 rings (SSSR count). The number of anilines is 2. The lowest BCUT2D eigenvalue weighted by Gasteiger charge is -2.36. The summed E-state index contributed by atoms with van der Waals surface area (Å²) >= 11 is 0. The Morgan fingerprint density at radius 2 is 2.06 bits per heavy atom. The van der Waals surface area contributed by atoms with Gasteiger partial charge in [0, 0.05) is 19.3 Å². The molecule has 2 atom stereocenters. The number of aromatic carboxylic acids is 1. The van der Waals surface area contributed by atoms with Crippen molar-refractivity contribution in [2.24, 2.45) is 11.8 Å². The summed E-state index contributed by atoms with van der Waals surface area (Å²) < 4.78 is 0. The van der Waals surface area contributed by atoms with Gasteiger partial charge in [0.25, 0.3) is 0 Å². The Hall–Kier alpha value is -1.78. The lowest BCUT2D eigenvalue weighted by Crippen LogP contribution is -2.39. The van der Waals surface area contributed by atoms with Crippen LogP contribution in [0.3, 0.4) is 0 Å². The van der Waals surface area contributed by atoms with Crippen molar-refractivity contribution < 1.29 is 9.90 Å². The molecule has 0 amide bonds. The molecule has 1 saturated heterocycles. The minimum Gasteiger partial charge on any atom is -0.478 e. The summed E-state index contributed by atoms with van der Waals surface area (Å²) in [6, 6.07) is 1.44. The molecule has 2 unspecified atom stereocenters. The number of aromatic nitrogens is 1. The quantitative estimate of drug-likeness (QED) is 0.836. The maximum absolute atomic E-state index is 11.1. The van der Waals surface area contributed by atoms with E-state index in [1.165, 1.54) is 18.7 Å². The highest BCUT2D eigenvalue weighted by atomic mass is 16.4. The largest absolute Gasteiger partial charge is 0.478 e. The number of nitrogens with zero attached hydrogens (tertiary/aromatic N) is 2. The number of pyridine rings is 1. The minimum absolute atomic E-state index is 0.130. The second kappa shape index (κ2) is 4.84. The molecule has 0 spiro atoms. The van der Waals surface area contributed by atoms with Crippen molar-refractivity contribution in [2.75, 3.05) is 23.7 Å². The van der Waals surface area contributed by atoms with Gasteiger partial charge in [-0.1, -0.05) is 13.8 Å². The number of hydrogen-bond acceptors (Lipinski definition) is 4. The number of piperidine rings is 1. The van der Waals surface area contributed by atoms with Crippen LogP contribution in [-0.2, 0) is 0 Å². The summed E-state index contributed by atoms with van der Waals surface area (Å²) in [6.07, 6.45) is 2.70. The summed E-state index contributed by atoms with van der Waals surface area (Å²) in [5.74, 6) is 0.745. The summed E-state index contributed by atoms with van der Waals surface area (Å²) in [5, 5.41) is 9.07. The summed E-state index contributed by atoms with van der Waals surface area (Å²) in [4.78, 5) is 17.4. The van der Waals surface area contributed by atoms with E-state index < -0.39 is 5.97 Å². The SMILES string of the molecule is CC1CC(C)CN(c2nccc(C(=O)O)c2N)C1. The molecule has 0 radical (unpaired) electrons. The van der Waals surface area contributed by atoms with Gasteiger partial charge in [0.1, 0.15) is 0 Å². The van der Waals surface area contributed by atoms with Gasteiger partial charge < -0.3 is 15.7 Å². The standard InChI is InChI=1S/C13H19N3O2/c1-8-5-9(2)7-16(6-8)12-11(14)10(13(17)18)3-4-15-12/h3-4,8-9H,5-7,14H2,1-2H3,(H,17,18). The van der Waals surface area contributed by atoms with Crippen LogP contribution in [0.5, 0.6) is 0 Å². The van der Waals surface area contributed by atoms with E-state index in [0.717, 1.165) is 13.1 Å². The predicted molar refractivity (Wildman–Crippen MR) is 70.8 cm³/mol. The first-order valence-corrected chi connectivity index (χ1v) is 6.21. The van der Waals surface area contributed by atoms with Crippen LogP contribution in [0.2, 0.25) is 0 Å². The number of nitrogens with two attached hydrogens (primary N) is 1. The van der Waals surface area contributed by atoms with Gasteiger partial charge in [-0.05, 0) is 24.3 Å². The van der Waals surface area contributed by atoms with Crippen LogP contribution in [0, 0.1) is 11.8 Å². The zero-order valence-electron chi connectivity index (χ0n) is 10.8. The zero-order chi connectivity index (χ0) is 13.3. The molecule has 1 aromatic rings. The van der Waals surface area contributed by atoms with Gasteiger partial charge in [0.15, 0.2) is 5.82 Å². The Morgan fingerprint density at radius 1 is 1.44 bits per heavy atom. The third kappa shape index (κ3) is 2.39. The van der Waals surface area contributed by atoms with Gasteiger partial charge in [-0.15, -0.1) is 0 Å². The van der Waals surface area contributed by atoms with Crippen molar-refractivity contribution >= 4 is 17.5 Å². The molecule has 5 nitrogen and oxygen atoms in total. The van der Waals surface area contributed by atoms with E-state index in [4.69, 9.17) is 10.8 Å². The third-order valence-electron chi connectivity index (χ3n) is 3.37. The number of nitrogen functional groups attached to an aromatic ring is 1. The van der Waals surface area contributed by atoms with Gasteiger partial charge in [0.2, 0.25) is 0 Å². The van der Waals surface area contributed by atoms with Crippen LogP contribution in [0.1, 0.15) is 30.6 Å². The first-order valence-electron chi connectivity index (χ1n) is 6.21. The van der Waals surface area contributed by atoms with Crippen LogP contribution in [0.15, 0.2) is 12.3 Å². The molecule has 0 aromatic carbocycles. The molecule has 1 fully saturated rings. The van der Waals surface area contributed by atoms with E-state index in [0.29, 0.717) is 17.7 Å². The Bertz CT molecular complexity index is 452. The maximum atomic E-state index is 11.1. The molecular formula is C13H19N3O2. The van der Waals surface area contributed by atoms with Gasteiger partial charge in [-0.3, -0.25) is 0 Å². The summed E-state index contributed by atoms with van der Waals surface area (Å²) in [6.45, 7) is 6.15. The zero-order valence-corrected chi connectivity index (χ0v) is 10.8. The van der Waals surface area contributed by atoms with Crippen molar-refractivity contribution in [3.63, 3.8) is 0 Å². The molecular weight excluding hydrogens is 230 g/mol. The fourth-order valence-corrected chi connectivity index (χ4v) is 2.74. The number of hydrogen-bond donors (Lipinski definition) is 2. The highest BCUT2D eigenvalue weighted by Crippen LogP contribution is 2.30. The molecule has 0 bridgehead atoms. The van der Waals surface area contributed by atoms with Gasteiger partial charge in [-0.2, -0.15) is 0 Å². The fourth-order valence-electron chi connectivity index (χ4n) is 2.74. The van der Waals surface area contributed by atoms with Crippen molar-refractivity contribution in [1.82, 2.24) is 4.98 Å². The fraction of sp³-hybridized carbons (Fsp3) is 0.538. The monoisotopic (exact) mass is 249 g/mol. The first kappa shape index (κ1) is 12.7. The van der Waals surface area contributed by atoms with E-state index in [2.05, 4.69) is 23.7 Å². The van der Waals surface area contributed by atoms with E-state index in [1.807, 2.05) is 0 Å². The van der Waals surface area contributed by atoms with E-state index in [9.17, 15) is 4.79 Å². The van der Waals surface area contributed by atoms with Crippen molar-refractivity contribution in [1.29, 1.82) is 0 Å². The first-order chi connectivity index (χ1) is 8.49. The van der Waals surface area contributed by atoms with Crippen LogP contribution >= 0.6 is 0 Å². The highest BCUT2D eigenvalue weighted by Gasteiger charge is 2.25. The number of rotatable bonds is 2. The smallest absolute Gasteiger partial charge is 0.337 e. The molecule has 0 aliphatic carbocycles. The highest BCUT2D eigenvalue weighted by molar-refractivity contribution is 5.96. The third-order valence-corrected chi connectivity index (χ3v) is 3.37. The second-order valence-corrected chi connectivity index (χ2v) is 5.25. The average Bonchev–Trinajstić information content (AvgIpc) is 2.27. The van der Waals surface area contributed by atoms with E-state index in [1.54, 1.807) is 0 Å². The Morgan fingerprint density at radius 3 is 2.61 bits per heavy atom. The second-order valence-electron chi connectivity index (χ2n) is 5.25. The number of carbonyl (C=O) groups is 1. The van der Waals surface area contributed by atoms with Crippen LogP contribution in [-0.4, -0.2) is 29.1 Å². The molecule has 2 heterocycles. The number of carboxylic acids is 1. The molecule has 1 aliphatic heterocycles. The Balaban J connectivity index is 2.33. The van der Waals surface area contributed by atoms with Crippen LogP contribution in [0.25, 0.3) is 0 Å². The minimum atomic E-state index is -1.01. The summed E-state index contributed by atoms with van der Waals surface area (Å²) in [5.41, 5.74) is 6.32. The number of carboxylic acid groups (broad SMARTS) is 1. The average molecular weight is 249 g/mol. The molecule has 5 heteroatoms. The molecule has 1 aromatic heterocycles. The van der Waals surface area contributed by atoms with E-state index in [-0.39, 0.29) is 11.3 Å². The van der Waals surface area contributed by atoms with Crippen LogP contribution in [0.4, 0.5) is 11.5 Å². The lowest BCUT2D eigenvalue weighted by molar-refractivity contribution is 0.0698. The Labute approximate surface area is 107 Å². The lowest BCUT2D eigenvalue weighted by atomic mass is 9.92. The predicted octanol–water partition coefficient (Wildman–Crippen LogP) is 1.84.